The summed E-state index contributed by atoms with van der Waals surface area (Å²) < 4.78 is 1.90. The topological polar surface area (TPSA) is 59.8 Å². The number of carbonyl (C=O) groups is 1. The Kier molecular flexibility index (Phi) is 5.69. The highest BCUT2D eigenvalue weighted by molar-refractivity contribution is 7.99. The third kappa shape index (κ3) is 4.08. The Labute approximate surface area is 173 Å². The van der Waals surface area contributed by atoms with E-state index in [4.69, 9.17) is 11.6 Å². The monoisotopic (exact) mass is 412 g/mol. The predicted molar refractivity (Wildman–Crippen MR) is 112 cm³/mol. The first-order valence-corrected chi connectivity index (χ1v) is 10.6. The van der Waals surface area contributed by atoms with Crippen molar-refractivity contribution >= 4 is 29.3 Å². The molecule has 1 aliphatic rings. The Bertz CT molecular complexity index is 986. The van der Waals surface area contributed by atoms with Crippen molar-refractivity contribution in [1.82, 2.24) is 20.1 Å². The first-order valence-electron chi connectivity index (χ1n) is 9.27. The molecule has 0 radical (unpaired) electrons. The Balaban J connectivity index is 1.39. The van der Waals surface area contributed by atoms with Gasteiger partial charge in [-0.1, -0.05) is 47.6 Å². The van der Waals surface area contributed by atoms with Gasteiger partial charge in [-0.15, -0.1) is 10.2 Å². The lowest BCUT2D eigenvalue weighted by molar-refractivity contribution is -0.119. The van der Waals surface area contributed by atoms with Crippen molar-refractivity contribution in [1.29, 1.82) is 0 Å². The molecule has 0 bridgehead atoms. The van der Waals surface area contributed by atoms with Crippen LogP contribution in [0.15, 0.2) is 53.7 Å². The first-order chi connectivity index (χ1) is 13.6. The number of fused-ring (bicyclic) bond motifs is 1. The summed E-state index contributed by atoms with van der Waals surface area (Å²) in [5, 5.41) is 13.1. The summed E-state index contributed by atoms with van der Waals surface area (Å²) in [5.74, 6) is 1.08. The molecule has 1 atom stereocenters. The third-order valence-electron chi connectivity index (χ3n) is 4.97. The van der Waals surface area contributed by atoms with Crippen molar-refractivity contribution < 1.29 is 4.79 Å². The van der Waals surface area contributed by atoms with E-state index in [-0.39, 0.29) is 11.9 Å². The molecule has 0 saturated carbocycles. The standard InChI is InChI=1S/C21H21ClN4OS/c1-26-20(15-9-11-16(22)12-10-15)24-25-21(26)28-13-19(27)23-18-8-4-6-14-5-2-3-7-17(14)18/h2-3,5,7,9-12,18H,4,6,8,13H2,1H3,(H,23,27)/t18-/m0/s1. The Morgan fingerprint density at radius 1 is 1.21 bits per heavy atom. The average molecular weight is 413 g/mol. The fourth-order valence-electron chi connectivity index (χ4n) is 3.56. The highest BCUT2D eigenvalue weighted by Crippen LogP contribution is 2.30. The zero-order chi connectivity index (χ0) is 19.5. The summed E-state index contributed by atoms with van der Waals surface area (Å²) in [6.45, 7) is 0. The molecule has 1 amide bonds. The van der Waals surface area contributed by atoms with Gasteiger partial charge in [0.05, 0.1) is 11.8 Å². The summed E-state index contributed by atoms with van der Waals surface area (Å²) in [7, 11) is 1.90. The van der Waals surface area contributed by atoms with Crippen LogP contribution in [0.5, 0.6) is 0 Å². The minimum absolute atomic E-state index is 0.0164. The molecule has 0 spiro atoms. The summed E-state index contributed by atoms with van der Waals surface area (Å²) in [4.78, 5) is 12.5. The molecule has 0 saturated heterocycles. The number of amides is 1. The van der Waals surface area contributed by atoms with Crippen LogP contribution in [-0.4, -0.2) is 26.4 Å². The van der Waals surface area contributed by atoms with E-state index >= 15 is 0 Å². The number of rotatable bonds is 5. The summed E-state index contributed by atoms with van der Waals surface area (Å²) in [5.41, 5.74) is 3.53. The Morgan fingerprint density at radius 2 is 2.00 bits per heavy atom. The predicted octanol–water partition coefficient (Wildman–Crippen LogP) is 4.42. The van der Waals surface area contributed by atoms with Crippen molar-refractivity contribution in [3.8, 4) is 11.4 Å². The lowest BCUT2D eigenvalue weighted by atomic mass is 9.88. The van der Waals surface area contributed by atoms with Crippen molar-refractivity contribution in [3.63, 3.8) is 0 Å². The largest absolute Gasteiger partial charge is 0.349 e. The lowest BCUT2D eigenvalue weighted by Gasteiger charge is -2.26. The normalized spacial score (nSPS) is 15.9. The molecule has 1 aromatic heterocycles. The second kappa shape index (κ2) is 8.37. The fraction of sp³-hybridized carbons (Fsp3) is 0.286. The number of carbonyl (C=O) groups excluding carboxylic acids is 1. The van der Waals surface area contributed by atoms with Crippen molar-refractivity contribution in [3.05, 3.63) is 64.7 Å². The Hall–Kier alpha value is -2.31. The second-order valence-electron chi connectivity index (χ2n) is 6.87. The molecule has 1 aliphatic carbocycles. The summed E-state index contributed by atoms with van der Waals surface area (Å²) in [6.07, 6.45) is 3.17. The van der Waals surface area contributed by atoms with Gasteiger partial charge in [0.15, 0.2) is 11.0 Å². The number of halogens is 1. The van der Waals surface area contributed by atoms with E-state index in [1.165, 1.54) is 22.9 Å². The zero-order valence-corrected chi connectivity index (χ0v) is 17.1. The van der Waals surface area contributed by atoms with Crippen molar-refractivity contribution in [2.45, 2.75) is 30.5 Å². The SMILES string of the molecule is Cn1c(SCC(=O)N[C@H]2CCCc3ccccc32)nnc1-c1ccc(Cl)cc1. The maximum atomic E-state index is 12.5. The molecular weight excluding hydrogens is 392 g/mol. The van der Waals surface area contributed by atoms with E-state index in [1.54, 1.807) is 0 Å². The lowest BCUT2D eigenvalue weighted by Crippen LogP contribution is -2.32. The number of aromatic nitrogens is 3. The van der Waals surface area contributed by atoms with Crippen LogP contribution in [-0.2, 0) is 18.3 Å². The van der Waals surface area contributed by atoms with Crippen LogP contribution in [0, 0.1) is 0 Å². The average Bonchev–Trinajstić information content (AvgIpc) is 3.08. The number of nitrogens with zero attached hydrogens (tertiary/aromatic N) is 3. The van der Waals surface area contributed by atoms with Crippen LogP contribution in [0.2, 0.25) is 5.02 Å². The van der Waals surface area contributed by atoms with Crippen LogP contribution in [0.4, 0.5) is 0 Å². The van der Waals surface area contributed by atoms with Gasteiger partial charge in [-0.25, -0.2) is 0 Å². The van der Waals surface area contributed by atoms with Gasteiger partial charge in [0.25, 0.3) is 0 Å². The van der Waals surface area contributed by atoms with Crippen LogP contribution in [0.1, 0.15) is 30.0 Å². The number of hydrogen-bond donors (Lipinski definition) is 1. The molecule has 4 rings (SSSR count). The van der Waals surface area contributed by atoms with Crippen LogP contribution < -0.4 is 5.32 Å². The van der Waals surface area contributed by atoms with Gasteiger partial charge in [-0.05, 0) is 54.7 Å². The van der Waals surface area contributed by atoms with E-state index in [9.17, 15) is 4.79 Å². The van der Waals surface area contributed by atoms with Gasteiger partial charge in [-0.3, -0.25) is 4.79 Å². The van der Waals surface area contributed by atoms with Crippen molar-refractivity contribution in [2.24, 2.45) is 7.05 Å². The minimum atomic E-state index is 0.0164. The molecule has 144 valence electrons. The molecular formula is C21H21ClN4OS. The zero-order valence-electron chi connectivity index (χ0n) is 15.6. The third-order valence-corrected chi connectivity index (χ3v) is 6.25. The highest BCUT2D eigenvalue weighted by atomic mass is 35.5. The first kappa shape index (κ1) is 19.0. The van der Waals surface area contributed by atoms with Crippen LogP contribution in [0.25, 0.3) is 11.4 Å². The van der Waals surface area contributed by atoms with E-state index in [0.717, 1.165) is 30.7 Å². The van der Waals surface area contributed by atoms with Crippen molar-refractivity contribution in [2.75, 3.05) is 5.75 Å². The maximum Gasteiger partial charge on any atom is 0.230 e. The Morgan fingerprint density at radius 3 is 2.82 bits per heavy atom. The maximum absolute atomic E-state index is 12.5. The van der Waals surface area contributed by atoms with Gasteiger partial charge < -0.3 is 9.88 Å². The number of nitrogens with one attached hydrogen (secondary N) is 1. The van der Waals surface area contributed by atoms with E-state index in [1.807, 2.05) is 41.9 Å². The number of aryl methyl sites for hydroxylation is 1. The molecule has 7 heteroatoms. The highest BCUT2D eigenvalue weighted by Gasteiger charge is 2.21. The fourth-order valence-corrected chi connectivity index (χ4v) is 4.41. The van der Waals surface area contributed by atoms with Gasteiger partial charge in [0.1, 0.15) is 0 Å². The van der Waals surface area contributed by atoms with Gasteiger partial charge in [0, 0.05) is 17.6 Å². The number of thioether (sulfide) groups is 1. The molecule has 0 aliphatic heterocycles. The molecule has 3 aromatic rings. The quantitative estimate of drug-likeness (QED) is 0.630. The van der Waals surface area contributed by atoms with Gasteiger partial charge >= 0.3 is 0 Å². The second-order valence-corrected chi connectivity index (χ2v) is 8.25. The van der Waals surface area contributed by atoms with E-state index < -0.39 is 0 Å². The van der Waals surface area contributed by atoms with E-state index in [2.05, 4.69) is 33.7 Å². The minimum Gasteiger partial charge on any atom is -0.349 e. The summed E-state index contributed by atoms with van der Waals surface area (Å²) in [6, 6.07) is 15.9. The number of hydrogen-bond acceptors (Lipinski definition) is 4. The molecule has 1 heterocycles. The van der Waals surface area contributed by atoms with E-state index in [0.29, 0.717) is 15.9 Å². The molecule has 2 aromatic carbocycles. The summed E-state index contributed by atoms with van der Waals surface area (Å²) >= 11 is 7.34. The smallest absolute Gasteiger partial charge is 0.230 e. The molecule has 5 nitrogen and oxygen atoms in total. The van der Waals surface area contributed by atoms with Gasteiger partial charge in [0.2, 0.25) is 5.91 Å². The molecule has 1 N–H and O–H groups in total. The van der Waals surface area contributed by atoms with Gasteiger partial charge in [-0.2, -0.15) is 0 Å². The molecule has 0 fully saturated rings. The van der Waals surface area contributed by atoms with Crippen LogP contribution in [0.3, 0.4) is 0 Å². The number of benzene rings is 2. The van der Waals surface area contributed by atoms with Crippen LogP contribution >= 0.6 is 23.4 Å². The molecule has 28 heavy (non-hydrogen) atoms. The molecule has 0 unspecified atom stereocenters.